The Labute approximate surface area is 91.4 Å². The van der Waals surface area contributed by atoms with Crippen molar-refractivity contribution in [2.24, 2.45) is 11.8 Å². The second kappa shape index (κ2) is 6.28. The van der Waals surface area contributed by atoms with Crippen LogP contribution in [0.5, 0.6) is 0 Å². The summed E-state index contributed by atoms with van der Waals surface area (Å²) in [7, 11) is 0. The zero-order chi connectivity index (χ0) is 10.4. The molecule has 0 aromatic rings. The third-order valence-corrected chi connectivity index (χ3v) is 3.39. The van der Waals surface area contributed by atoms with Crippen LogP contribution in [0.4, 0.5) is 0 Å². The maximum absolute atomic E-state index is 11.7. The van der Waals surface area contributed by atoms with Gasteiger partial charge < -0.3 is 5.32 Å². The van der Waals surface area contributed by atoms with Crippen LogP contribution in [0.3, 0.4) is 0 Å². The van der Waals surface area contributed by atoms with Gasteiger partial charge in [-0.2, -0.15) is 0 Å². The summed E-state index contributed by atoms with van der Waals surface area (Å²) in [4.78, 5) is 11.7. The van der Waals surface area contributed by atoms with Gasteiger partial charge in [0.05, 0.1) is 0 Å². The fraction of sp³-hybridized carbons (Fsp3) is 0.909. The number of alkyl halides is 1. The Balaban J connectivity index is 2.19. The minimum Gasteiger partial charge on any atom is -0.356 e. The number of rotatable bonds is 4. The first kappa shape index (κ1) is 11.8. The van der Waals surface area contributed by atoms with Crippen LogP contribution in [-0.4, -0.2) is 18.3 Å². The van der Waals surface area contributed by atoms with E-state index in [-0.39, 0.29) is 11.8 Å². The molecule has 1 aliphatic carbocycles. The molecule has 1 unspecified atom stereocenters. The third kappa shape index (κ3) is 3.87. The third-order valence-electron chi connectivity index (χ3n) is 2.86. The SMILES string of the molecule is CC(CCl)CNC(=O)C1CCCCC1. The van der Waals surface area contributed by atoms with Crippen molar-refractivity contribution in [1.82, 2.24) is 5.32 Å². The summed E-state index contributed by atoms with van der Waals surface area (Å²) >= 11 is 5.67. The van der Waals surface area contributed by atoms with Gasteiger partial charge in [-0.15, -0.1) is 11.6 Å². The van der Waals surface area contributed by atoms with Crippen LogP contribution in [0.15, 0.2) is 0 Å². The molecule has 0 aliphatic heterocycles. The summed E-state index contributed by atoms with van der Waals surface area (Å²) in [6.07, 6.45) is 5.86. The van der Waals surface area contributed by atoms with E-state index in [1.807, 2.05) is 6.92 Å². The number of hydrogen-bond acceptors (Lipinski definition) is 1. The van der Waals surface area contributed by atoms with Crippen LogP contribution < -0.4 is 5.32 Å². The van der Waals surface area contributed by atoms with Crippen molar-refractivity contribution in [1.29, 1.82) is 0 Å². The molecule has 0 aromatic heterocycles. The first-order valence-corrected chi connectivity index (χ1v) is 6.11. The van der Waals surface area contributed by atoms with E-state index in [1.54, 1.807) is 0 Å². The van der Waals surface area contributed by atoms with Crippen molar-refractivity contribution in [3.8, 4) is 0 Å². The molecule has 14 heavy (non-hydrogen) atoms. The summed E-state index contributed by atoms with van der Waals surface area (Å²) < 4.78 is 0. The summed E-state index contributed by atoms with van der Waals surface area (Å²) in [5.41, 5.74) is 0. The molecule has 0 heterocycles. The average molecular weight is 218 g/mol. The van der Waals surface area contributed by atoms with Crippen molar-refractivity contribution >= 4 is 17.5 Å². The van der Waals surface area contributed by atoms with Gasteiger partial charge in [0, 0.05) is 18.3 Å². The molecular formula is C11H20ClNO. The average Bonchev–Trinajstić information content (AvgIpc) is 2.26. The molecule has 2 nitrogen and oxygen atoms in total. The van der Waals surface area contributed by atoms with E-state index < -0.39 is 0 Å². The van der Waals surface area contributed by atoms with Crippen LogP contribution >= 0.6 is 11.6 Å². The molecule has 1 atom stereocenters. The standard InChI is InChI=1S/C11H20ClNO/c1-9(7-12)8-13-11(14)10-5-3-2-4-6-10/h9-10H,2-8H2,1H3,(H,13,14). The van der Waals surface area contributed by atoms with Gasteiger partial charge in [0.25, 0.3) is 0 Å². The Morgan fingerprint density at radius 1 is 1.43 bits per heavy atom. The Morgan fingerprint density at radius 3 is 2.64 bits per heavy atom. The largest absolute Gasteiger partial charge is 0.356 e. The van der Waals surface area contributed by atoms with Gasteiger partial charge >= 0.3 is 0 Å². The Morgan fingerprint density at radius 2 is 2.07 bits per heavy atom. The van der Waals surface area contributed by atoms with Crippen LogP contribution in [0.2, 0.25) is 0 Å². The van der Waals surface area contributed by atoms with E-state index >= 15 is 0 Å². The van der Waals surface area contributed by atoms with E-state index in [4.69, 9.17) is 11.6 Å². The lowest BCUT2D eigenvalue weighted by Gasteiger charge is -2.21. The molecule has 0 spiro atoms. The molecular weight excluding hydrogens is 198 g/mol. The fourth-order valence-electron chi connectivity index (χ4n) is 1.84. The zero-order valence-corrected chi connectivity index (χ0v) is 9.65. The lowest BCUT2D eigenvalue weighted by atomic mass is 9.88. The Bertz CT molecular complexity index is 178. The molecule has 0 radical (unpaired) electrons. The van der Waals surface area contributed by atoms with Crippen molar-refractivity contribution in [3.63, 3.8) is 0 Å². The van der Waals surface area contributed by atoms with E-state index in [9.17, 15) is 4.79 Å². The molecule has 0 aromatic carbocycles. The van der Waals surface area contributed by atoms with E-state index in [0.717, 1.165) is 19.4 Å². The molecule has 1 saturated carbocycles. The highest BCUT2D eigenvalue weighted by Crippen LogP contribution is 2.23. The van der Waals surface area contributed by atoms with Crippen molar-refractivity contribution in [2.75, 3.05) is 12.4 Å². The van der Waals surface area contributed by atoms with E-state index in [2.05, 4.69) is 5.32 Å². The molecule has 1 amide bonds. The van der Waals surface area contributed by atoms with Gasteiger partial charge in [-0.05, 0) is 18.8 Å². The Hall–Kier alpha value is -0.240. The maximum atomic E-state index is 11.7. The highest BCUT2D eigenvalue weighted by molar-refractivity contribution is 6.18. The number of carbonyl (C=O) groups excluding carboxylic acids is 1. The molecule has 1 aliphatic rings. The lowest BCUT2D eigenvalue weighted by Crippen LogP contribution is -2.35. The van der Waals surface area contributed by atoms with Crippen LogP contribution in [0, 0.1) is 11.8 Å². The highest BCUT2D eigenvalue weighted by Gasteiger charge is 2.20. The summed E-state index contributed by atoms with van der Waals surface area (Å²) in [6, 6.07) is 0. The number of nitrogens with one attached hydrogen (secondary N) is 1. The lowest BCUT2D eigenvalue weighted by molar-refractivity contribution is -0.126. The molecule has 0 bridgehead atoms. The van der Waals surface area contributed by atoms with E-state index in [1.165, 1.54) is 19.3 Å². The number of carbonyl (C=O) groups is 1. The summed E-state index contributed by atoms with van der Waals surface area (Å²) in [5.74, 6) is 1.50. The fourth-order valence-corrected chi connectivity index (χ4v) is 1.95. The second-order valence-electron chi connectivity index (χ2n) is 4.34. The molecule has 0 saturated heterocycles. The quantitative estimate of drug-likeness (QED) is 0.721. The zero-order valence-electron chi connectivity index (χ0n) is 8.89. The smallest absolute Gasteiger partial charge is 0.223 e. The van der Waals surface area contributed by atoms with Gasteiger partial charge in [-0.3, -0.25) is 4.79 Å². The van der Waals surface area contributed by atoms with Crippen LogP contribution in [0.1, 0.15) is 39.0 Å². The Kier molecular flexibility index (Phi) is 5.31. The van der Waals surface area contributed by atoms with Gasteiger partial charge in [-0.1, -0.05) is 26.2 Å². The molecule has 1 N–H and O–H groups in total. The van der Waals surface area contributed by atoms with Gasteiger partial charge in [0.2, 0.25) is 5.91 Å². The van der Waals surface area contributed by atoms with Crippen LogP contribution in [0.25, 0.3) is 0 Å². The van der Waals surface area contributed by atoms with Gasteiger partial charge in [-0.25, -0.2) is 0 Å². The highest BCUT2D eigenvalue weighted by atomic mass is 35.5. The summed E-state index contributed by atoms with van der Waals surface area (Å²) in [6.45, 7) is 2.77. The van der Waals surface area contributed by atoms with Crippen molar-refractivity contribution in [2.45, 2.75) is 39.0 Å². The first-order chi connectivity index (χ1) is 6.74. The molecule has 3 heteroatoms. The maximum Gasteiger partial charge on any atom is 0.223 e. The topological polar surface area (TPSA) is 29.1 Å². The first-order valence-electron chi connectivity index (χ1n) is 5.57. The number of hydrogen-bond donors (Lipinski definition) is 1. The monoisotopic (exact) mass is 217 g/mol. The normalized spacial score (nSPS) is 20.4. The summed E-state index contributed by atoms with van der Waals surface area (Å²) in [5, 5.41) is 2.98. The van der Waals surface area contributed by atoms with Crippen molar-refractivity contribution < 1.29 is 4.79 Å². The predicted octanol–water partition coefficient (Wildman–Crippen LogP) is 2.56. The molecule has 1 rings (SSSR count). The predicted molar refractivity (Wildman–Crippen MR) is 59.5 cm³/mol. The van der Waals surface area contributed by atoms with Crippen molar-refractivity contribution in [3.05, 3.63) is 0 Å². The van der Waals surface area contributed by atoms with Crippen LogP contribution in [-0.2, 0) is 4.79 Å². The second-order valence-corrected chi connectivity index (χ2v) is 4.65. The minimum absolute atomic E-state index is 0.238. The van der Waals surface area contributed by atoms with E-state index in [0.29, 0.717) is 11.8 Å². The molecule has 1 fully saturated rings. The minimum atomic E-state index is 0.238. The number of amides is 1. The van der Waals surface area contributed by atoms with Gasteiger partial charge in [0.15, 0.2) is 0 Å². The number of halogens is 1. The van der Waals surface area contributed by atoms with Gasteiger partial charge in [0.1, 0.15) is 0 Å². The molecule has 82 valence electrons.